The molecule has 0 amide bonds. The molecule has 0 spiro atoms. The number of aryl methyl sites for hydroxylation is 1. The van der Waals surface area contributed by atoms with E-state index < -0.39 is 0 Å². The summed E-state index contributed by atoms with van der Waals surface area (Å²) in [7, 11) is 2.02. The minimum Gasteiger partial charge on any atom is -0.381 e. The maximum atomic E-state index is 5.41. The first kappa shape index (κ1) is 11.6. The Morgan fingerprint density at radius 1 is 1.38 bits per heavy atom. The van der Waals surface area contributed by atoms with Crippen LogP contribution in [0.2, 0.25) is 0 Å². The fourth-order valence-electron chi connectivity index (χ4n) is 2.41. The molecule has 0 radical (unpaired) electrons. The van der Waals surface area contributed by atoms with Gasteiger partial charge in [0.05, 0.1) is 11.7 Å². The summed E-state index contributed by atoms with van der Waals surface area (Å²) in [5, 5.41) is 3.40. The van der Waals surface area contributed by atoms with Gasteiger partial charge in [0, 0.05) is 18.9 Å². The largest absolute Gasteiger partial charge is 0.381 e. The molecule has 1 aromatic heterocycles. The molecular formula is C13H20N2O. The summed E-state index contributed by atoms with van der Waals surface area (Å²) in [5.74, 6) is 0.646. The van der Waals surface area contributed by atoms with E-state index in [0.29, 0.717) is 12.0 Å². The van der Waals surface area contributed by atoms with Gasteiger partial charge in [-0.25, -0.2) is 0 Å². The number of aromatic nitrogens is 1. The fourth-order valence-corrected chi connectivity index (χ4v) is 2.41. The Morgan fingerprint density at radius 3 is 2.75 bits per heavy atom. The smallest absolute Gasteiger partial charge is 0.0579 e. The molecule has 1 aliphatic heterocycles. The zero-order valence-corrected chi connectivity index (χ0v) is 10.1. The van der Waals surface area contributed by atoms with Crippen molar-refractivity contribution in [1.29, 1.82) is 0 Å². The molecule has 0 aromatic carbocycles. The summed E-state index contributed by atoms with van der Waals surface area (Å²) >= 11 is 0. The highest BCUT2D eigenvalue weighted by molar-refractivity contribution is 5.14. The lowest BCUT2D eigenvalue weighted by atomic mass is 9.89. The Kier molecular flexibility index (Phi) is 3.91. The second-order valence-electron chi connectivity index (χ2n) is 4.42. The van der Waals surface area contributed by atoms with E-state index >= 15 is 0 Å². The van der Waals surface area contributed by atoms with E-state index in [1.54, 1.807) is 0 Å². The van der Waals surface area contributed by atoms with Crippen LogP contribution in [0.4, 0.5) is 0 Å². The second-order valence-corrected chi connectivity index (χ2v) is 4.42. The van der Waals surface area contributed by atoms with Crippen LogP contribution in [0, 0.1) is 12.8 Å². The van der Waals surface area contributed by atoms with E-state index in [9.17, 15) is 0 Å². The minimum atomic E-state index is 0.365. The predicted molar refractivity (Wildman–Crippen MR) is 64.3 cm³/mol. The van der Waals surface area contributed by atoms with E-state index in [0.717, 1.165) is 37.4 Å². The third-order valence-electron chi connectivity index (χ3n) is 3.28. The third kappa shape index (κ3) is 2.60. The molecule has 1 fully saturated rings. The molecule has 1 unspecified atom stereocenters. The Bertz CT molecular complexity index is 334. The SMILES string of the molecule is CNC(c1cccc(C)n1)C1CCOCC1. The van der Waals surface area contributed by atoms with Gasteiger partial charge in [0.2, 0.25) is 0 Å². The Balaban J connectivity index is 2.14. The molecule has 2 heterocycles. The fraction of sp³-hybridized carbons (Fsp3) is 0.615. The van der Waals surface area contributed by atoms with Crippen LogP contribution in [-0.4, -0.2) is 25.2 Å². The summed E-state index contributed by atoms with van der Waals surface area (Å²) in [5.41, 5.74) is 2.25. The second kappa shape index (κ2) is 5.41. The lowest BCUT2D eigenvalue weighted by Gasteiger charge is -2.29. The lowest BCUT2D eigenvalue weighted by molar-refractivity contribution is 0.0541. The van der Waals surface area contributed by atoms with E-state index in [-0.39, 0.29) is 0 Å². The maximum absolute atomic E-state index is 5.41. The number of ether oxygens (including phenoxy) is 1. The van der Waals surface area contributed by atoms with Crippen LogP contribution in [0.1, 0.15) is 30.3 Å². The minimum absolute atomic E-state index is 0.365. The topological polar surface area (TPSA) is 34.2 Å². The van der Waals surface area contributed by atoms with Gasteiger partial charge in [-0.3, -0.25) is 4.98 Å². The molecule has 1 aliphatic rings. The lowest BCUT2D eigenvalue weighted by Crippen LogP contribution is -2.30. The highest BCUT2D eigenvalue weighted by Crippen LogP contribution is 2.28. The van der Waals surface area contributed by atoms with Crippen molar-refractivity contribution in [2.24, 2.45) is 5.92 Å². The van der Waals surface area contributed by atoms with Crippen LogP contribution in [0.5, 0.6) is 0 Å². The Morgan fingerprint density at radius 2 is 2.12 bits per heavy atom. The molecule has 1 saturated heterocycles. The van der Waals surface area contributed by atoms with Gasteiger partial charge in [-0.05, 0) is 44.9 Å². The van der Waals surface area contributed by atoms with Crippen molar-refractivity contribution in [3.05, 3.63) is 29.6 Å². The zero-order chi connectivity index (χ0) is 11.4. The number of nitrogens with one attached hydrogen (secondary N) is 1. The average Bonchev–Trinajstić information content (AvgIpc) is 2.31. The summed E-state index contributed by atoms with van der Waals surface area (Å²) in [6, 6.07) is 6.61. The number of hydrogen-bond acceptors (Lipinski definition) is 3. The van der Waals surface area contributed by atoms with Crippen LogP contribution in [-0.2, 0) is 4.74 Å². The molecule has 1 aromatic rings. The van der Waals surface area contributed by atoms with E-state index in [1.165, 1.54) is 0 Å². The summed E-state index contributed by atoms with van der Waals surface area (Å²) in [6.07, 6.45) is 2.25. The van der Waals surface area contributed by atoms with Gasteiger partial charge in [-0.2, -0.15) is 0 Å². The van der Waals surface area contributed by atoms with E-state index in [4.69, 9.17) is 4.74 Å². The van der Waals surface area contributed by atoms with Crippen LogP contribution in [0.3, 0.4) is 0 Å². The molecule has 16 heavy (non-hydrogen) atoms. The highest BCUT2D eigenvalue weighted by atomic mass is 16.5. The molecule has 0 aliphatic carbocycles. The van der Waals surface area contributed by atoms with Crippen molar-refractivity contribution >= 4 is 0 Å². The normalized spacial score (nSPS) is 19.6. The molecule has 3 heteroatoms. The first-order chi connectivity index (χ1) is 7.81. The molecule has 88 valence electrons. The van der Waals surface area contributed by atoms with Gasteiger partial charge in [-0.1, -0.05) is 6.07 Å². The molecular weight excluding hydrogens is 200 g/mol. The van der Waals surface area contributed by atoms with Crippen molar-refractivity contribution in [2.75, 3.05) is 20.3 Å². The number of nitrogens with zero attached hydrogens (tertiary/aromatic N) is 1. The molecule has 3 nitrogen and oxygen atoms in total. The number of hydrogen-bond donors (Lipinski definition) is 1. The van der Waals surface area contributed by atoms with Gasteiger partial charge in [0.15, 0.2) is 0 Å². The van der Waals surface area contributed by atoms with Crippen LogP contribution in [0.15, 0.2) is 18.2 Å². The molecule has 1 N–H and O–H groups in total. The van der Waals surface area contributed by atoms with Gasteiger partial charge >= 0.3 is 0 Å². The number of pyridine rings is 1. The highest BCUT2D eigenvalue weighted by Gasteiger charge is 2.24. The third-order valence-corrected chi connectivity index (χ3v) is 3.28. The molecule has 1 atom stereocenters. The summed E-state index contributed by atoms with van der Waals surface area (Å²) in [6.45, 7) is 3.81. The maximum Gasteiger partial charge on any atom is 0.0579 e. The Labute approximate surface area is 97.2 Å². The predicted octanol–water partition coefficient (Wildman–Crippen LogP) is 2.08. The van der Waals surface area contributed by atoms with Crippen molar-refractivity contribution in [3.8, 4) is 0 Å². The quantitative estimate of drug-likeness (QED) is 0.847. The van der Waals surface area contributed by atoms with E-state index in [2.05, 4.69) is 22.4 Å². The van der Waals surface area contributed by atoms with Gasteiger partial charge < -0.3 is 10.1 Å². The molecule has 0 saturated carbocycles. The van der Waals surface area contributed by atoms with Gasteiger partial charge in [0.25, 0.3) is 0 Å². The van der Waals surface area contributed by atoms with Crippen LogP contribution < -0.4 is 5.32 Å². The first-order valence-electron chi connectivity index (χ1n) is 6.00. The zero-order valence-electron chi connectivity index (χ0n) is 10.1. The molecule has 2 rings (SSSR count). The average molecular weight is 220 g/mol. The standard InChI is InChI=1S/C13H20N2O/c1-10-4-3-5-12(15-10)13(14-2)11-6-8-16-9-7-11/h3-5,11,13-14H,6-9H2,1-2H3. The van der Waals surface area contributed by atoms with Crippen molar-refractivity contribution < 1.29 is 4.74 Å². The van der Waals surface area contributed by atoms with Crippen LogP contribution in [0.25, 0.3) is 0 Å². The van der Waals surface area contributed by atoms with Crippen molar-refractivity contribution in [1.82, 2.24) is 10.3 Å². The molecule has 0 bridgehead atoms. The van der Waals surface area contributed by atoms with Crippen molar-refractivity contribution in [2.45, 2.75) is 25.8 Å². The van der Waals surface area contributed by atoms with Gasteiger partial charge in [-0.15, -0.1) is 0 Å². The van der Waals surface area contributed by atoms with Crippen LogP contribution >= 0.6 is 0 Å². The summed E-state index contributed by atoms with van der Waals surface area (Å²) in [4.78, 5) is 4.62. The summed E-state index contributed by atoms with van der Waals surface area (Å²) < 4.78 is 5.41. The van der Waals surface area contributed by atoms with Gasteiger partial charge in [0.1, 0.15) is 0 Å². The van der Waals surface area contributed by atoms with E-state index in [1.807, 2.05) is 20.0 Å². The van der Waals surface area contributed by atoms with Crippen molar-refractivity contribution in [3.63, 3.8) is 0 Å². The monoisotopic (exact) mass is 220 g/mol. The first-order valence-corrected chi connectivity index (χ1v) is 6.00. The Hall–Kier alpha value is -0.930. The number of rotatable bonds is 3.